The summed E-state index contributed by atoms with van der Waals surface area (Å²) >= 11 is 0. The summed E-state index contributed by atoms with van der Waals surface area (Å²) in [5.41, 5.74) is 4.00. The summed E-state index contributed by atoms with van der Waals surface area (Å²) in [4.78, 5) is 10.7. The molecule has 4 aromatic carbocycles. The van der Waals surface area contributed by atoms with Crippen LogP contribution in [0.3, 0.4) is 0 Å². The van der Waals surface area contributed by atoms with Gasteiger partial charge in [-0.25, -0.2) is 0 Å². The zero-order chi connectivity index (χ0) is 44.4. The average Bonchev–Trinajstić information content (AvgIpc) is 3.10. The van der Waals surface area contributed by atoms with Gasteiger partial charge in [-0.15, -0.1) is 0 Å². The van der Waals surface area contributed by atoms with E-state index in [1.807, 2.05) is 53.7 Å². The van der Waals surface area contributed by atoms with E-state index in [1.54, 1.807) is 12.4 Å². The summed E-state index contributed by atoms with van der Waals surface area (Å²) in [7, 11) is 0. The standard InChI is InChI=1S/C54H68N2O6/c1-27(2)37-33-11-29(5)39(45(59)41(33)35(43(57)47(37)61)19-55-53-17-31-13-49(7,23-53)21-50(8,14-31)24-53)40-30(6)12-34-38(28(3)4)48(62)44(58)36(42(34)46(40)60)20-56-54-18-32-15-51(9,25-54)22-52(10,16-32)26-54/h11-12,19-20,27-28,31-32,57-62H,13-18,21-26H2,1-10H3. The van der Waals surface area contributed by atoms with E-state index in [0.717, 1.165) is 38.5 Å². The van der Waals surface area contributed by atoms with Crippen molar-refractivity contribution >= 4 is 34.0 Å². The summed E-state index contributed by atoms with van der Waals surface area (Å²) in [6.07, 6.45) is 16.6. The van der Waals surface area contributed by atoms with Gasteiger partial charge in [-0.1, -0.05) is 67.5 Å². The summed E-state index contributed by atoms with van der Waals surface area (Å²) < 4.78 is 0. The molecule has 12 rings (SSSR count). The molecule has 8 saturated carbocycles. The lowest BCUT2D eigenvalue weighted by Crippen LogP contribution is -2.57. The Bertz CT molecular complexity index is 2470. The lowest BCUT2D eigenvalue weighted by molar-refractivity contribution is -0.104. The molecule has 8 nitrogen and oxygen atoms in total. The molecular formula is C54H68N2O6. The van der Waals surface area contributed by atoms with E-state index in [4.69, 9.17) is 9.98 Å². The monoisotopic (exact) mass is 841 g/mol. The van der Waals surface area contributed by atoms with Gasteiger partial charge in [0, 0.05) is 56.6 Å². The maximum Gasteiger partial charge on any atom is 0.167 e. The van der Waals surface area contributed by atoms with Gasteiger partial charge in [-0.05, 0) is 158 Å². The van der Waals surface area contributed by atoms with Gasteiger partial charge in [0.25, 0.3) is 0 Å². The van der Waals surface area contributed by atoms with Crippen molar-refractivity contribution in [1.29, 1.82) is 0 Å². The summed E-state index contributed by atoms with van der Waals surface area (Å²) in [5, 5.41) is 74.8. The van der Waals surface area contributed by atoms with E-state index in [-0.39, 0.29) is 90.2 Å². The number of phenolic OH excluding ortho intramolecular Hbond substituents is 6. The van der Waals surface area contributed by atoms with Gasteiger partial charge in [0.15, 0.2) is 23.0 Å². The number of aryl methyl sites for hydroxylation is 2. The lowest BCUT2D eigenvalue weighted by Gasteiger charge is -2.64. The van der Waals surface area contributed by atoms with Crippen molar-refractivity contribution in [3.05, 3.63) is 45.5 Å². The van der Waals surface area contributed by atoms with Crippen molar-refractivity contribution in [2.75, 3.05) is 0 Å². The van der Waals surface area contributed by atoms with Gasteiger partial charge in [0.2, 0.25) is 0 Å². The van der Waals surface area contributed by atoms with Crippen molar-refractivity contribution in [2.24, 2.45) is 43.5 Å². The van der Waals surface area contributed by atoms with Crippen molar-refractivity contribution in [3.8, 4) is 45.6 Å². The van der Waals surface area contributed by atoms with Crippen LogP contribution in [-0.2, 0) is 0 Å². The third-order valence-electron chi connectivity index (χ3n) is 17.1. The Morgan fingerprint density at radius 2 is 0.806 bits per heavy atom. The Morgan fingerprint density at radius 1 is 0.484 bits per heavy atom. The third kappa shape index (κ3) is 6.03. The number of aliphatic imine (C=N–C) groups is 2. The molecule has 8 aliphatic rings. The van der Waals surface area contributed by atoms with Gasteiger partial charge in [0.1, 0.15) is 11.5 Å². The van der Waals surface area contributed by atoms with Crippen LogP contribution in [0.4, 0.5) is 0 Å². The number of hydrogen-bond donors (Lipinski definition) is 6. The van der Waals surface area contributed by atoms with E-state index in [1.165, 1.54) is 38.5 Å². The Balaban J connectivity index is 1.19. The summed E-state index contributed by atoms with van der Waals surface area (Å²) in [6, 6.07) is 3.88. The van der Waals surface area contributed by atoms with Crippen LogP contribution in [-0.4, -0.2) is 54.1 Å². The third-order valence-corrected chi connectivity index (χ3v) is 17.1. The summed E-state index contributed by atoms with van der Waals surface area (Å²) in [5.74, 6) is -0.477. The van der Waals surface area contributed by atoms with Crippen LogP contribution in [0.25, 0.3) is 32.7 Å². The second-order valence-electron chi connectivity index (χ2n) is 24.3. The first-order chi connectivity index (χ1) is 28.9. The first-order valence-electron chi connectivity index (χ1n) is 23.5. The predicted octanol–water partition coefficient (Wildman–Crippen LogP) is 13.1. The molecule has 0 saturated heterocycles. The number of hydrogen-bond acceptors (Lipinski definition) is 8. The maximum atomic E-state index is 12.8. The largest absolute Gasteiger partial charge is 0.507 e. The summed E-state index contributed by atoms with van der Waals surface area (Å²) in [6.45, 7) is 21.2. The number of rotatable bonds is 7. The molecule has 8 heteroatoms. The lowest BCUT2D eigenvalue weighted by atomic mass is 9.43. The van der Waals surface area contributed by atoms with Crippen molar-refractivity contribution in [3.63, 3.8) is 0 Å². The van der Waals surface area contributed by atoms with E-state index < -0.39 is 0 Å². The first-order valence-corrected chi connectivity index (χ1v) is 23.5. The van der Waals surface area contributed by atoms with E-state index in [0.29, 0.717) is 66.8 Å². The Labute approximate surface area is 367 Å². The Kier molecular flexibility index (Phi) is 8.75. The van der Waals surface area contributed by atoms with Crippen LogP contribution >= 0.6 is 0 Å². The maximum absolute atomic E-state index is 12.8. The molecule has 8 aliphatic carbocycles. The predicted molar refractivity (Wildman–Crippen MR) is 250 cm³/mol. The van der Waals surface area contributed by atoms with Gasteiger partial charge in [-0.2, -0.15) is 0 Å². The molecule has 0 spiro atoms. The van der Waals surface area contributed by atoms with Gasteiger partial charge >= 0.3 is 0 Å². The smallest absolute Gasteiger partial charge is 0.167 e. The Morgan fingerprint density at radius 3 is 1.10 bits per heavy atom. The minimum atomic E-state index is -0.315. The van der Waals surface area contributed by atoms with Crippen molar-refractivity contribution in [2.45, 2.75) is 169 Å². The van der Waals surface area contributed by atoms with Crippen LogP contribution in [0.1, 0.15) is 178 Å². The zero-order valence-corrected chi connectivity index (χ0v) is 38.7. The normalized spacial score (nSPS) is 34.8. The van der Waals surface area contributed by atoms with Gasteiger partial charge in [-0.3, -0.25) is 9.98 Å². The van der Waals surface area contributed by atoms with Crippen LogP contribution in [0, 0.1) is 47.3 Å². The molecule has 0 amide bonds. The van der Waals surface area contributed by atoms with Crippen LogP contribution in [0.2, 0.25) is 0 Å². The van der Waals surface area contributed by atoms with E-state index in [2.05, 4.69) is 27.7 Å². The highest BCUT2D eigenvalue weighted by atomic mass is 16.3. The molecule has 0 aliphatic heterocycles. The number of nitrogens with zero attached hydrogens (tertiary/aromatic N) is 2. The molecule has 4 aromatic rings. The highest BCUT2D eigenvalue weighted by molar-refractivity contribution is 6.15. The van der Waals surface area contributed by atoms with Gasteiger partial charge < -0.3 is 30.6 Å². The molecule has 8 bridgehead atoms. The Hall–Kier alpha value is -4.46. The number of phenols is 6. The first kappa shape index (κ1) is 41.5. The second kappa shape index (κ2) is 13.1. The van der Waals surface area contributed by atoms with Crippen LogP contribution in [0.5, 0.6) is 34.5 Å². The molecule has 8 fully saturated rings. The quantitative estimate of drug-likeness (QED) is 0.0807. The minimum Gasteiger partial charge on any atom is -0.507 e. The zero-order valence-electron chi connectivity index (χ0n) is 38.7. The number of benzene rings is 4. The molecule has 330 valence electrons. The van der Waals surface area contributed by atoms with Crippen molar-refractivity contribution in [1.82, 2.24) is 0 Å². The minimum absolute atomic E-state index is 0.127. The fraction of sp³-hybridized carbons (Fsp3) is 0.593. The van der Waals surface area contributed by atoms with E-state index in [9.17, 15) is 30.6 Å². The van der Waals surface area contributed by atoms with Gasteiger partial charge in [0.05, 0.1) is 11.1 Å². The van der Waals surface area contributed by atoms with Crippen LogP contribution in [0.15, 0.2) is 22.1 Å². The SMILES string of the molecule is Cc1cc2c(C(C)C)c(O)c(O)c(C=NC34CC5CC(C)(CC(C)(C5)C3)C4)c2c(O)c1-c1c(C)cc2c(C(C)C)c(O)c(O)c(C=NC34CC5CC(C)(CC(C)(C5)C3)C4)c2c1O. The molecule has 6 N–H and O–H groups in total. The topological polar surface area (TPSA) is 146 Å². The number of aromatic hydroxyl groups is 6. The second-order valence-corrected chi connectivity index (χ2v) is 24.3. The van der Waals surface area contributed by atoms with E-state index >= 15 is 0 Å². The average molecular weight is 841 g/mol. The fourth-order valence-corrected chi connectivity index (χ4v) is 17.1. The molecule has 0 aromatic heterocycles. The highest BCUT2D eigenvalue weighted by Gasteiger charge is 2.61. The molecule has 0 radical (unpaired) electrons. The highest BCUT2D eigenvalue weighted by Crippen LogP contribution is 2.69. The number of fused-ring (bicyclic) bond motifs is 2. The van der Waals surface area contributed by atoms with Crippen LogP contribution < -0.4 is 0 Å². The fourth-order valence-electron chi connectivity index (χ4n) is 17.1. The molecule has 4 unspecified atom stereocenters. The molecule has 0 heterocycles. The molecule has 62 heavy (non-hydrogen) atoms. The van der Waals surface area contributed by atoms with Crippen molar-refractivity contribution < 1.29 is 30.6 Å². The molecule has 4 atom stereocenters. The molecular weight excluding hydrogens is 773 g/mol.